The highest BCUT2D eigenvalue weighted by Crippen LogP contribution is 2.26. The van der Waals surface area contributed by atoms with Crippen LogP contribution in [0.1, 0.15) is 35.3 Å². The smallest absolute Gasteiger partial charge is 0.122 e. The minimum Gasteiger partial charge on any atom is -0.496 e. The summed E-state index contributed by atoms with van der Waals surface area (Å²) in [4.78, 5) is 0. The lowest BCUT2D eigenvalue weighted by Crippen LogP contribution is -2.04. The molecule has 1 unspecified atom stereocenters. The van der Waals surface area contributed by atoms with Crippen molar-refractivity contribution in [1.29, 1.82) is 0 Å². The molecule has 2 nitrogen and oxygen atoms in total. The zero-order valence-corrected chi connectivity index (χ0v) is 12.4. The van der Waals surface area contributed by atoms with Crippen LogP contribution < -0.4 is 4.74 Å². The van der Waals surface area contributed by atoms with E-state index in [-0.39, 0.29) is 0 Å². The Kier molecular flexibility index (Phi) is 4.80. The molecule has 0 heterocycles. The number of hydrogen-bond acceptors (Lipinski definition) is 2. The van der Waals surface area contributed by atoms with E-state index < -0.39 is 6.10 Å². The van der Waals surface area contributed by atoms with Gasteiger partial charge in [0.25, 0.3) is 0 Å². The van der Waals surface area contributed by atoms with Gasteiger partial charge in [0.1, 0.15) is 5.75 Å². The topological polar surface area (TPSA) is 29.5 Å². The van der Waals surface area contributed by atoms with Crippen molar-refractivity contribution in [3.8, 4) is 5.75 Å². The number of ether oxygens (including phenoxy) is 1. The molecule has 0 amide bonds. The van der Waals surface area contributed by atoms with Crippen LogP contribution in [0.5, 0.6) is 5.75 Å². The van der Waals surface area contributed by atoms with E-state index in [2.05, 4.69) is 25.1 Å². The fourth-order valence-corrected chi connectivity index (χ4v) is 2.37. The van der Waals surface area contributed by atoms with Crippen LogP contribution in [0.15, 0.2) is 42.5 Å². The molecule has 1 atom stereocenters. The molecule has 2 aromatic rings. The van der Waals surface area contributed by atoms with Gasteiger partial charge in [0.2, 0.25) is 0 Å². The van der Waals surface area contributed by atoms with Crippen molar-refractivity contribution in [2.24, 2.45) is 0 Å². The Morgan fingerprint density at radius 2 is 1.80 bits per heavy atom. The molecule has 0 saturated carbocycles. The first-order chi connectivity index (χ1) is 9.63. The van der Waals surface area contributed by atoms with E-state index in [4.69, 9.17) is 4.74 Å². The molecule has 0 aliphatic carbocycles. The third-order valence-electron chi connectivity index (χ3n) is 3.62. The number of aliphatic hydroxyl groups excluding tert-OH is 1. The van der Waals surface area contributed by atoms with Gasteiger partial charge in [0.05, 0.1) is 13.2 Å². The first-order valence-corrected chi connectivity index (χ1v) is 7.04. The molecule has 0 bridgehead atoms. The molecule has 1 N–H and O–H groups in total. The van der Waals surface area contributed by atoms with E-state index in [1.807, 2.05) is 31.2 Å². The van der Waals surface area contributed by atoms with Crippen LogP contribution in [0.2, 0.25) is 0 Å². The molecule has 0 aliphatic rings. The highest BCUT2D eigenvalue weighted by Gasteiger charge is 2.12. The Labute approximate surface area is 121 Å². The Hall–Kier alpha value is -1.80. The van der Waals surface area contributed by atoms with E-state index >= 15 is 0 Å². The molecule has 2 rings (SSSR count). The van der Waals surface area contributed by atoms with Gasteiger partial charge in [-0.2, -0.15) is 0 Å². The maximum atomic E-state index is 10.4. The second-order valence-electron chi connectivity index (χ2n) is 5.13. The lowest BCUT2D eigenvalue weighted by atomic mass is 9.98. The molecule has 0 spiro atoms. The fourth-order valence-electron chi connectivity index (χ4n) is 2.37. The van der Waals surface area contributed by atoms with Crippen LogP contribution >= 0.6 is 0 Å². The molecule has 0 aliphatic heterocycles. The number of hydrogen-bond donors (Lipinski definition) is 1. The minimum atomic E-state index is -0.503. The van der Waals surface area contributed by atoms with Gasteiger partial charge in [0, 0.05) is 6.42 Å². The van der Waals surface area contributed by atoms with Crippen molar-refractivity contribution in [1.82, 2.24) is 0 Å². The van der Waals surface area contributed by atoms with Gasteiger partial charge in [-0.25, -0.2) is 0 Å². The second kappa shape index (κ2) is 6.58. The van der Waals surface area contributed by atoms with Crippen molar-refractivity contribution in [2.45, 2.75) is 32.8 Å². The Morgan fingerprint density at radius 1 is 1.10 bits per heavy atom. The molecule has 2 heteroatoms. The summed E-state index contributed by atoms with van der Waals surface area (Å²) in [6.45, 7) is 4.18. The number of benzene rings is 2. The molecule has 0 saturated heterocycles. The number of rotatable bonds is 5. The summed E-state index contributed by atoms with van der Waals surface area (Å²) in [6.07, 6.45) is 1.08. The zero-order chi connectivity index (χ0) is 14.5. The molecule has 0 aromatic heterocycles. The van der Waals surface area contributed by atoms with Crippen LogP contribution in [0.3, 0.4) is 0 Å². The SMILES string of the molecule is CCc1ccc(C(O)Cc2cc(C)ccc2OC)cc1. The summed E-state index contributed by atoms with van der Waals surface area (Å²) < 4.78 is 5.36. The third kappa shape index (κ3) is 3.40. The van der Waals surface area contributed by atoms with E-state index in [1.165, 1.54) is 11.1 Å². The molecule has 106 valence electrons. The largest absolute Gasteiger partial charge is 0.496 e. The van der Waals surface area contributed by atoms with Gasteiger partial charge in [-0.3, -0.25) is 0 Å². The Morgan fingerprint density at radius 3 is 2.40 bits per heavy atom. The normalized spacial score (nSPS) is 12.2. The van der Waals surface area contributed by atoms with Crippen molar-refractivity contribution >= 4 is 0 Å². The Bertz CT molecular complexity index is 558. The van der Waals surface area contributed by atoms with Gasteiger partial charge < -0.3 is 9.84 Å². The summed E-state index contributed by atoms with van der Waals surface area (Å²) >= 11 is 0. The van der Waals surface area contributed by atoms with Gasteiger partial charge in [0.15, 0.2) is 0 Å². The van der Waals surface area contributed by atoms with Gasteiger partial charge in [-0.1, -0.05) is 48.9 Å². The highest BCUT2D eigenvalue weighted by molar-refractivity contribution is 5.38. The fraction of sp³-hybridized carbons (Fsp3) is 0.333. The minimum absolute atomic E-state index is 0.503. The van der Waals surface area contributed by atoms with Gasteiger partial charge >= 0.3 is 0 Å². The summed E-state index contributed by atoms with van der Waals surface area (Å²) in [5, 5.41) is 10.4. The van der Waals surface area contributed by atoms with E-state index in [1.54, 1.807) is 7.11 Å². The highest BCUT2D eigenvalue weighted by atomic mass is 16.5. The van der Waals surface area contributed by atoms with Crippen molar-refractivity contribution in [3.05, 3.63) is 64.7 Å². The van der Waals surface area contributed by atoms with Crippen LogP contribution in [-0.2, 0) is 12.8 Å². The predicted octanol–water partition coefficient (Wildman–Crippen LogP) is 3.84. The van der Waals surface area contributed by atoms with Crippen molar-refractivity contribution in [3.63, 3.8) is 0 Å². The predicted molar refractivity (Wildman–Crippen MR) is 82.2 cm³/mol. The van der Waals surface area contributed by atoms with Gasteiger partial charge in [-0.05, 0) is 36.1 Å². The molecular formula is C18H22O2. The van der Waals surface area contributed by atoms with Crippen LogP contribution in [-0.4, -0.2) is 12.2 Å². The summed E-state index contributed by atoms with van der Waals surface area (Å²) in [5.74, 6) is 0.833. The Balaban J connectivity index is 2.17. The average Bonchev–Trinajstić information content (AvgIpc) is 2.47. The second-order valence-corrected chi connectivity index (χ2v) is 5.13. The first-order valence-electron chi connectivity index (χ1n) is 7.04. The molecule has 0 fully saturated rings. The maximum Gasteiger partial charge on any atom is 0.122 e. The molecule has 0 radical (unpaired) electrons. The monoisotopic (exact) mass is 270 g/mol. The van der Waals surface area contributed by atoms with Crippen LogP contribution in [0.4, 0.5) is 0 Å². The maximum absolute atomic E-state index is 10.4. The lowest BCUT2D eigenvalue weighted by Gasteiger charge is -2.15. The quantitative estimate of drug-likeness (QED) is 0.894. The summed E-state index contributed by atoms with van der Waals surface area (Å²) in [7, 11) is 1.66. The number of aryl methyl sites for hydroxylation is 2. The summed E-state index contributed by atoms with van der Waals surface area (Å²) in [5.41, 5.74) is 4.45. The lowest BCUT2D eigenvalue weighted by molar-refractivity contribution is 0.177. The first kappa shape index (κ1) is 14.6. The summed E-state index contributed by atoms with van der Waals surface area (Å²) in [6, 6.07) is 14.2. The molecule has 2 aromatic carbocycles. The van der Waals surface area contributed by atoms with E-state index in [0.29, 0.717) is 6.42 Å². The molecular weight excluding hydrogens is 248 g/mol. The standard InChI is InChI=1S/C18H22O2/c1-4-14-6-8-15(9-7-14)17(19)12-16-11-13(2)5-10-18(16)20-3/h5-11,17,19H,4,12H2,1-3H3. The molecule has 20 heavy (non-hydrogen) atoms. The number of aliphatic hydroxyl groups is 1. The van der Waals surface area contributed by atoms with Crippen LogP contribution in [0.25, 0.3) is 0 Å². The van der Waals surface area contributed by atoms with Crippen molar-refractivity contribution in [2.75, 3.05) is 7.11 Å². The van der Waals surface area contributed by atoms with Crippen LogP contribution in [0, 0.1) is 6.92 Å². The number of methoxy groups -OCH3 is 1. The third-order valence-corrected chi connectivity index (χ3v) is 3.62. The van der Waals surface area contributed by atoms with Crippen molar-refractivity contribution < 1.29 is 9.84 Å². The van der Waals surface area contributed by atoms with E-state index in [0.717, 1.165) is 23.3 Å². The van der Waals surface area contributed by atoms with Gasteiger partial charge in [-0.15, -0.1) is 0 Å². The average molecular weight is 270 g/mol. The van der Waals surface area contributed by atoms with E-state index in [9.17, 15) is 5.11 Å². The zero-order valence-electron chi connectivity index (χ0n) is 12.4.